The van der Waals surface area contributed by atoms with Crippen molar-refractivity contribution in [1.29, 1.82) is 0 Å². The van der Waals surface area contributed by atoms with Crippen molar-refractivity contribution in [2.45, 2.75) is 109 Å². The van der Waals surface area contributed by atoms with Crippen LogP contribution in [0.4, 0.5) is 4.79 Å². The van der Waals surface area contributed by atoms with Gasteiger partial charge >= 0.3 is 6.09 Å². The zero-order valence-corrected chi connectivity index (χ0v) is 33.4. The fraction of sp³-hybridized carbons (Fsp3) is 0.683. The molecule has 55 heavy (non-hydrogen) atoms. The SMILES string of the molecule is CC(C)CC[C@H](O)[C@H](CC1CCCCC1)NC(=O)[C@H](Cc1c[nH]cn1)N(C)C(=O)[C@H](Cc1ccccc1)OC(=O)N(C)CCC(=O)NCCN1CCOCC1. The smallest absolute Gasteiger partial charge is 0.410 e. The predicted molar refractivity (Wildman–Crippen MR) is 210 cm³/mol. The van der Waals surface area contributed by atoms with Crippen LogP contribution in [0.15, 0.2) is 42.9 Å². The number of morpholine rings is 1. The normalized spacial score (nSPS) is 17.5. The molecule has 1 aromatic carbocycles. The number of aromatic amines is 1. The fourth-order valence-corrected chi connectivity index (χ4v) is 7.31. The highest BCUT2D eigenvalue weighted by molar-refractivity contribution is 5.90. The van der Waals surface area contributed by atoms with Gasteiger partial charge in [0.1, 0.15) is 6.04 Å². The maximum absolute atomic E-state index is 14.4. The number of hydrogen-bond donors (Lipinski definition) is 4. The number of amides is 4. The van der Waals surface area contributed by atoms with Crippen LogP contribution in [0.5, 0.6) is 0 Å². The van der Waals surface area contributed by atoms with E-state index in [9.17, 15) is 24.3 Å². The quantitative estimate of drug-likeness (QED) is 0.149. The van der Waals surface area contributed by atoms with Gasteiger partial charge in [-0.1, -0.05) is 76.3 Å². The highest BCUT2D eigenvalue weighted by Crippen LogP contribution is 2.29. The number of carbonyl (C=O) groups is 4. The first-order valence-electron chi connectivity index (χ1n) is 20.2. The zero-order chi connectivity index (χ0) is 39.6. The van der Waals surface area contributed by atoms with Crippen LogP contribution in [0.2, 0.25) is 0 Å². The molecule has 0 spiro atoms. The van der Waals surface area contributed by atoms with Crippen molar-refractivity contribution in [3.05, 3.63) is 54.1 Å². The lowest BCUT2D eigenvalue weighted by molar-refractivity contribution is -0.146. The predicted octanol–water partition coefficient (Wildman–Crippen LogP) is 3.55. The van der Waals surface area contributed by atoms with Crippen LogP contribution >= 0.6 is 0 Å². The van der Waals surface area contributed by atoms with Gasteiger partial charge in [0.25, 0.3) is 5.91 Å². The minimum atomic E-state index is -1.26. The number of rotatable bonds is 21. The molecule has 2 fully saturated rings. The Morgan fingerprint density at radius 1 is 1.04 bits per heavy atom. The molecule has 2 heterocycles. The van der Waals surface area contributed by atoms with Gasteiger partial charge in [-0.3, -0.25) is 19.3 Å². The number of likely N-dealkylation sites (N-methyl/N-ethyl adjacent to an activating group) is 1. The van der Waals surface area contributed by atoms with Crippen LogP contribution in [-0.4, -0.2) is 138 Å². The highest BCUT2D eigenvalue weighted by atomic mass is 16.6. The van der Waals surface area contributed by atoms with Crippen LogP contribution in [-0.2, 0) is 36.7 Å². The van der Waals surface area contributed by atoms with Crippen molar-refractivity contribution in [1.82, 2.24) is 35.3 Å². The second kappa shape index (κ2) is 23.2. The summed E-state index contributed by atoms with van der Waals surface area (Å²) in [6.07, 6.45) is 8.43. The lowest BCUT2D eigenvalue weighted by Gasteiger charge is -2.34. The van der Waals surface area contributed by atoms with Gasteiger partial charge in [-0.25, -0.2) is 9.78 Å². The van der Waals surface area contributed by atoms with Crippen molar-refractivity contribution in [3.63, 3.8) is 0 Å². The summed E-state index contributed by atoms with van der Waals surface area (Å²) in [6.45, 7) is 8.59. The summed E-state index contributed by atoms with van der Waals surface area (Å²) in [7, 11) is 3.07. The summed E-state index contributed by atoms with van der Waals surface area (Å²) >= 11 is 0. The van der Waals surface area contributed by atoms with E-state index in [4.69, 9.17) is 9.47 Å². The molecule has 2 aliphatic rings. The third-order valence-electron chi connectivity index (χ3n) is 10.8. The Labute approximate surface area is 327 Å². The molecule has 1 saturated carbocycles. The number of carbonyl (C=O) groups excluding carboxylic acids is 4. The lowest BCUT2D eigenvalue weighted by Crippen LogP contribution is -2.56. The third kappa shape index (κ3) is 15.2. The van der Waals surface area contributed by atoms with Gasteiger partial charge in [-0.2, -0.15) is 0 Å². The number of aromatic nitrogens is 2. The van der Waals surface area contributed by atoms with E-state index in [2.05, 4.69) is 39.3 Å². The molecule has 14 heteroatoms. The Balaban J connectivity index is 1.45. The van der Waals surface area contributed by atoms with Crippen molar-refractivity contribution >= 4 is 23.8 Å². The summed E-state index contributed by atoms with van der Waals surface area (Å²) in [4.78, 5) is 66.9. The maximum Gasteiger partial charge on any atom is 0.410 e. The molecule has 4 N–H and O–H groups in total. The number of imidazole rings is 1. The molecular formula is C41H65N7O7. The monoisotopic (exact) mass is 767 g/mol. The number of H-pyrrole nitrogens is 1. The first-order chi connectivity index (χ1) is 26.5. The first-order valence-corrected chi connectivity index (χ1v) is 20.2. The largest absolute Gasteiger partial charge is 0.436 e. The fourth-order valence-electron chi connectivity index (χ4n) is 7.31. The molecule has 14 nitrogen and oxygen atoms in total. The second-order valence-corrected chi connectivity index (χ2v) is 15.7. The van der Waals surface area contributed by atoms with Crippen LogP contribution in [0.3, 0.4) is 0 Å². The van der Waals surface area contributed by atoms with E-state index < -0.39 is 42.2 Å². The van der Waals surface area contributed by atoms with E-state index in [1.54, 1.807) is 13.2 Å². The molecule has 1 aromatic heterocycles. The molecule has 1 aliphatic heterocycles. The van der Waals surface area contributed by atoms with E-state index in [-0.39, 0.29) is 31.7 Å². The average molecular weight is 768 g/mol. The van der Waals surface area contributed by atoms with Gasteiger partial charge in [0, 0.05) is 72.3 Å². The number of hydrogen-bond acceptors (Lipinski definition) is 9. The second-order valence-electron chi connectivity index (χ2n) is 15.7. The number of aliphatic hydroxyl groups is 1. The van der Waals surface area contributed by atoms with Gasteiger partial charge in [0.2, 0.25) is 11.8 Å². The Morgan fingerprint density at radius 3 is 2.44 bits per heavy atom. The number of nitrogens with one attached hydrogen (secondary N) is 3. The Bertz CT molecular complexity index is 1430. The van der Waals surface area contributed by atoms with E-state index >= 15 is 0 Å². The topological polar surface area (TPSA) is 169 Å². The summed E-state index contributed by atoms with van der Waals surface area (Å²) in [5, 5.41) is 17.5. The van der Waals surface area contributed by atoms with E-state index in [1.807, 2.05) is 30.3 Å². The van der Waals surface area contributed by atoms with Crippen LogP contribution in [0, 0.1) is 11.8 Å². The van der Waals surface area contributed by atoms with Crippen molar-refractivity contribution < 1.29 is 33.8 Å². The van der Waals surface area contributed by atoms with Crippen LogP contribution in [0.1, 0.15) is 82.9 Å². The summed E-state index contributed by atoms with van der Waals surface area (Å²) in [5.41, 5.74) is 1.36. The Hall–Kier alpha value is -4.01. The zero-order valence-electron chi connectivity index (χ0n) is 33.4. The number of ether oxygens (including phenoxy) is 2. The first kappa shape index (κ1) is 43.7. The molecule has 2 aromatic rings. The van der Waals surface area contributed by atoms with Gasteiger partial charge < -0.3 is 40.0 Å². The third-order valence-corrected chi connectivity index (χ3v) is 10.8. The molecule has 0 bridgehead atoms. The molecule has 0 radical (unpaired) electrons. The molecular weight excluding hydrogens is 702 g/mol. The number of nitrogens with zero attached hydrogens (tertiary/aromatic N) is 4. The van der Waals surface area contributed by atoms with Gasteiger partial charge in [-0.05, 0) is 36.7 Å². The summed E-state index contributed by atoms with van der Waals surface area (Å²) in [5.74, 6) is -0.323. The molecule has 1 saturated heterocycles. The highest BCUT2D eigenvalue weighted by Gasteiger charge is 2.36. The van der Waals surface area contributed by atoms with Crippen LogP contribution < -0.4 is 10.6 Å². The molecule has 4 amide bonds. The summed E-state index contributed by atoms with van der Waals surface area (Å²) in [6, 6.07) is 7.78. The summed E-state index contributed by atoms with van der Waals surface area (Å²) < 4.78 is 11.3. The standard InChI is InChI=1S/C41H65N7O7/c1-30(2)15-16-36(49)34(25-31-11-7-5-8-12-31)45-39(51)35(27-33-28-42-29-44-33)47(4)40(52)37(26-32-13-9-6-10-14-32)55-41(53)46(3)19-17-38(50)43-18-20-48-21-23-54-24-22-48/h6,9-10,13-14,28-31,34-37,49H,5,7-8,11-12,15-27H2,1-4H3,(H,42,44)(H,43,50)(H,45,51)/t34-,35-,36-,37-/m0/s1. The van der Waals surface area contributed by atoms with E-state index in [0.29, 0.717) is 50.1 Å². The molecule has 306 valence electrons. The molecule has 1 aliphatic carbocycles. The van der Waals surface area contributed by atoms with Crippen LogP contribution in [0.25, 0.3) is 0 Å². The van der Waals surface area contributed by atoms with E-state index in [1.165, 1.54) is 29.6 Å². The molecule has 4 atom stereocenters. The molecule has 4 rings (SSSR count). The maximum atomic E-state index is 14.4. The van der Waals surface area contributed by atoms with Crippen molar-refractivity contribution in [2.75, 3.05) is 60.0 Å². The van der Waals surface area contributed by atoms with Gasteiger partial charge in [0.05, 0.1) is 37.4 Å². The minimum Gasteiger partial charge on any atom is -0.436 e. The van der Waals surface area contributed by atoms with Crippen molar-refractivity contribution in [3.8, 4) is 0 Å². The molecule has 0 unspecified atom stereocenters. The number of aliphatic hydroxyl groups excluding tert-OH is 1. The average Bonchev–Trinajstić information content (AvgIpc) is 3.71. The van der Waals surface area contributed by atoms with Gasteiger partial charge in [0.15, 0.2) is 6.10 Å². The van der Waals surface area contributed by atoms with E-state index in [0.717, 1.165) is 57.3 Å². The Kier molecular flexibility index (Phi) is 18.4. The number of benzene rings is 1. The Morgan fingerprint density at radius 2 is 1.76 bits per heavy atom. The van der Waals surface area contributed by atoms with Gasteiger partial charge in [-0.15, -0.1) is 0 Å². The van der Waals surface area contributed by atoms with Crippen molar-refractivity contribution in [2.24, 2.45) is 11.8 Å². The lowest BCUT2D eigenvalue weighted by atomic mass is 9.83. The minimum absolute atomic E-state index is 0.0723.